The molecule has 0 saturated carbocycles. The van der Waals surface area contributed by atoms with Gasteiger partial charge in [0, 0.05) is 5.33 Å². The first kappa shape index (κ1) is 7.54. The number of aromatic hydroxyl groups is 1. The minimum atomic E-state index is 0.254. The lowest BCUT2D eigenvalue weighted by Crippen LogP contribution is -1.85. The smallest absolute Gasteiger partial charge is 0.136 e. The Kier molecular flexibility index (Phi) is 2.27. The number of alkyl halides is 1. The molecular formula is C7H8BrNO. The summed E-state index contributed by atoms with van der Waals surface area (Å²) < 4.78 is 0. The Bertz CT molecular complexity index is 237. The van der Waals surface area contributed by atoms with E-state index in [1.807, 2.05) is 13.0 Å². The zero-order valence-electron chi connectivity index (χ0n) is 5.63. The molecule has 0 amide bonds. The summed E-state index contributed by atoms with van der Waals surface area (Å²) in [5, 5.41) is 9.79. The molecule has 1 N–H and O–H groups in total. The van der Waals surface area contributed by atoms with E-state index >= 15 is 0 Å². The van der Waals surface area contributed by atoms with E-state index in [0.29, 0.717) is 0 Å². The number of halogens is 1. The minimum absolute atomic E-state index is 0.254. The van der Waals surface area contributed by atoms with Gasteiger partial charge >= 0.3 is 0 Å². The predicted octanol–water partition coefficient (Wildman–Crippen LogP) is 1.99. The van der Waals surface area contributed by atoms with Crippen molar-refractivity contribution in [1.29, 1.82) is 0 Å². The summed E-state index contributed by atoms with van der Waals surface area (Å²) in [5.41, 5.74) is 1.81. The predicted molar refractivity (Wildman–Crippen MR) is 43.3 cm³/mol. The third kappa shape index (κ3) is 1.48. The standard InChI is InChI=1S/C7H8BrNO/c1-5-2-6(3-8)9-4-7(5)10/h2,4,10H,3H2,1H3. The van der Waals surface area contributed by atoms with Gasteiger partial charge < -0.3 is 5.11 Å². The fraction of sp³-hybridized carbons (Fsp3) is 0.286. The second-order valence-corrected chi connectivity index (χ2v) is 2.66. The van der Waals surface area contributed by atoms with Gasteiger partial charge in [-0.15, -0.1) is 0 Å². The molecule has 1 heterocycles. The number of pyridine rings is 1. The Balaban J connectivity index is 3.04. The molecule has 0 spiro atoms. The van der Waals surface area contributed by atoms with E-state index in [9.17, 15) is 0 Å². The molecule has 0 fully saturated rings. The van der Waals surface area contributed by atoms with E-state index in [0.717, 1.165) is 16.6 Å². The largest absolute Gasteiger partial charge is 0.506 e. The van der Waals surface area contributed by atoms with E-state index in [4.69, 9.17) is 5.11 Å². The van der Waals surface area contributed by atoms with Crippen LogP contribution in [-0.4, -0.2) is 10.1 Å². The van der Waals surface area contributed by atoms with Crippen LogP contribution in [-0.2, 0) is 5.33 Å². The maximum absolute atomic E-state index is 9.06. The molecule has 54 valence electrons. The molecule has 2 nitrogen and oxygen atoms in total. The van der Waals surface area contributed by atoms with Gasteiger partial charge in [0.15, 0.2) is 0 Å². The van der Waals surface area contributed by atoms with Crippen molar-refractivity contribution in [2.45, 2.75) is 12.3 Å². The van der Waals surface area contributed by atoms with Crippen molar-refractivity contribution >= 4 is 15.9 Å². The molecule has 1 aromatic rings. The maximum Gasteiger partial charge on any atom is 0.136 e. The van der Waals surface area contributed by atoms with Crippen molar-refractivity contribution in [2.24, 2.45) is 0 Å². The van der Waals surface area contributed by atoms with E-state index in [1.165, 1.54) is 6.20 Å². The number of hydrogen-bond donors (Lipinski definition) is 1. The highest BCUT2D eigenvalue weighted by Gasteiger charge is 1.96. The van der Waals surface area contributed by atoms with Crippen molar-refractivity contribution in [3.8, 4) is 5.75 Å². The first-order chi connectivity index (χ1) is 4.74. The van der Waals surface area contributed by atoms with E-state index < -0.39 is 0 Å². The summed E-state index contributed by atoms with van der Waals surface area (Å²) in [4.78, 5) is 3.96. The van der Waals surface area contributed by atoms with Gasteiger partial charge in [-0.1, -0.05) is 15.9 Å². The summed E-state index contributed by atoms with van der Waals surface area (Å²) in [6.45, 7) is 1.85. The summed E-state index contributed by atoms with van der Waals surface area (Å²) >= 11 is 3.27. The lowest BCUT2D eigenvalue weighted by Gasteiger charge is -1.98. The van der Waals surface area contributed by atoms with Gasteiger partial charge in [-0.05, 0) is 18.6 Å². The fourth-order valence-electron chi connectivity index (χ4n) is 0.680. The third-order valence-electron chi connectivity index (χ3n) is 1.28. The number of hydrogen-bond acceptors (Lipinski definition) is 2. The second-order valence-electron chi connectivity index (χ2n) is 2.10. The first-order valence-electron chi connectivity index (χ1n) is 2.94. The monoisotopic (exact) mass is 201 g/mol. The number of aryl methyl sites for hydroxylation is 1. The molecule has 1 aromatic heterocycles. The highest BCUT2D eigenvalue weighted by molar-refractivity contribution is 9.08. The molecule has 0 unspecified atom stereocenters. The molecule has 0 aromatic carbocycles. The summed E-state index contributed by atoms with van der Waals surface area (Å²) in [6, 6.07) is 1.85. The van der Waals surface area contributed by atoms with Crippen LogP contribution >= 0.6 is 15.9 Å². The molecule has 0 radical (unpaired) electrons. The van der Waals surface area contributed by atoms with Crippen LogP contribution in [0.3, 0.4) is 0 Å². The van der Waals surface area contributed by atoms with Crippen LogP contribution in [0.25, 0.3) is 0 Å². The zero-order chi connectivity index (χ0) is 7.56. The normalized spacial score (nSPS) is 9.80. The Morgan fingerprint density at radius 2 is 2.40 bits per heavy atom. The molecule has 0 aliphatic rings. The van der Waals surface area contributed by atoms with Crippen LogP contribution in [0.1, 0.15) is 11.3 Å². The van der Waals surface area contributed by atoms with E-state index in [2.05, 4.69) is 20.9 Å². The molecule has 0 aliphatic heterocycles. The zero-order valence-corrected chi connectivity index (χ0v) is 7.22. The number of aromatic nitrogens is 1. The fourth-order valence-corrected chi connectivity index (χ4v) is 0.987. The molecule has 10 heavy (non-hydrogen) atoms. The molecule has 0 saturated heterocycles. The average molecular weight is 202 g/mol. The summed E-state index contributed by atoms with van der Waals surface area (Å²) in [7, 11) is 0. The van der Waals surface area contributed by atoms with Gasteiger partial charge in [0.2, 0.25) is 0 Å². The van der Waals surface area contributed by atoms with Gasteiger partial charge in [-0.25, -0.2) is 0 Å². The van der Waals surface area contributed by atoms with Gasteiger partial charge in [0.25, 0.3) is 0 Å². The second kappa shape index (κ2) is 3.01. The summed E-state index contributed by atoms with van der Waals surface area (Å²) in [5.74, 6) is 0.254. The lowest BCUT2D eigenvalue weighted by atomic mass is 10.2. The van der Waals surface area contributed by atoms with Crippen LogP contribution in [0.5, 0.6) is 5.75 Å². The highest BCUT2D eigenvalue weighted by Crippen LogP contribution is 2.15. The Morgan fingerprint density at radius 3 is 2.90 bits per heavy atom. The minimum Gasteiger partial charge on any atom is -0.506 e. The molecule has 0 aliphatic carbocycles. The van der Waals surface area contributed by atoms with Crippen molar-refractivity contribution in [3.05, 3.63) is 23.5 Å². The van der Waals surface area contributed by atoms with Crippen molar-refractivity contribution in [2.75, 3.05) is 0 Å². The Morgan fingerprint density at radius 1 is 1.70 bits per heavy atom. The molecule has 3 heteroatoms. The van der Waals surface area contributed by atoms with Gasteiger partial charge in [-0.3, -0.25) is 4.98 Å². The lowest BCUT2D eigenvalue weighted by molar-refractivity contribution is 0.468. The van der Waals surface area contributed by atoms with Crippen LogP contribution in [0.15, 0.2) is 12.3 Å². The van der Waals surface area contributed by atoms with Crippen molar-refractivity contribution in [1.82, 2.24) is 4.98 Å². The molecular weight excluding hydrogens is 194 g/mol. The third-order valence-corrected chi connectivity index (χ3v) is 1.85. The van der Waals surface area contributed by atoms with Crippen LogP contribution in [0.2, 0.25) is 0 Å². The quantitative estimate of drug-likeness (QED) is 0.706. The average Bonchev–Trinajstić information content (AvgIpc) is 1.95. The highest BCUT2D eigenvalue weighted by atomic mass is 79.9. The summed E-state index contributed by atoms with van der Waals surface area (Å²) in [6.07, 6.45) is 1.46. The first-order valence-corrected chi connectivity index (χ1v) is 4.06. The van der Waals surface area contributed by atoms with E-state index in [-0.39, 0.29) is 5.75 Å². The van der Waals surface area contributed by atoms with Crippen molar-refractivity contribution in [3.63, 3.8) is 0 Å². The maximum atomic E-state index is 9.06. The topological polar surface area (TPSA) is 33.1 Å². The van der Waals surface area contributed by atoms with Crippen LogP contribution in [0.4, 0.5) is 0 Å². The van der Waals surface area contributed by atoms with Crippen molar-refractivity contribution < 1.29 is 5.11 Å². The Labute approximate surface area is 68.0 Å². The van der Waals surface area contributed by atoms with E-state index in [1.54, 1.807) is 0 Å². The van der Waals surface area contributed by atoms with Crippen LogP contribution in [0, 0.1) is 6.92 Å². The molecule has 0 bridgehead atoms. The number of rotatable bonds is 1. The number of nitrogens with zero attached hydrogens (tertiary/aromatic N) is 1. The Hall–Kier alpha value is -0.570. The van der Waals surface area contributed by atoms with Gasteiger partial charge in [0.05, 0.1) is 11.9 Å². The molecule has 1 rings (SSSR count). The van der Waals surface area contributed by atoms with Gasteiger partial charge in [0.1, 0.15) is 5.75 Å². The molecule has 0 atom stereocenters. The van der Waals surface area contributed by atoms with Gasteiger partial charge in [-0.2, -0.15) is 0 Å². The van der Waals surface area contributed by atoms with Crippen LogP contribution < -0.4 is 0 Å². The SMILES string of the molecule is Cc1cc(CBr)ncc1O.